The summed E-state index contributed by atoms with van der Waals surface area (Å²) in [6.07, 6.45) is 1.84. The molecule has 0 unspecified atom stereocenters. The first kappa shape index (κ1) is 14.5. The zero-order chi connectivity index (χ0) is 14.5. The van der Waals surface area contributed by atoms with Crippen LogP contribution < -0.4 is 5.32 Å². The van der Waals surface area contributed by atoms with Gasteiger partial charge in [0.15, 0.2) is 0 Å². The van der Waals surface area contributed by atoms with Gasteiger partial charge in [-0.2, -0.15) is 5.26 Å². The number of hydrogen-bond donors (Lipinski definition) is 1. The molecule has 0 amide bonds. The fraction of sp³-hybridized carbons (Fsp3) is 0.267. The predicted octanol–water partition coefficient (Wildman–Crippen LogP) is 4.12. The summed E-state index contributed by atoms with van der Waals surface area (Å²) in [7, 11) is 0. The van der Waals surface area contributed by atoms with E-state index in [2.05, 4.69) is 44.2 Å². The van der Waals surface area contributed by atoms with Crippen LogP contribution in [0.5, 0.6) is 0 Å². The number of aryl methyl sites for hydroxylation is 2. The van der Waals surface area contributed by atoms with Gasteiger partial charge in [-0.15, -0.1) is 0 Å². The van der Waals surface area contributed by atoms with Gasteiger partial charge in [-0.25, -0.2) is 9.97 Å². The van der Waals surface area contributed by atoms with E-state index in [1.165, 1.54) is 0 Å². The second kappa shape index (κ2) is 6.49. The van der Waals surface area contributed by atoms with Gasteiger partial charge in [-0.3, -0.25) is 0 Å². The molecular weight excluding hydrogens is 316 g/mol. The molecule has 5 heteroatoms. The summed E-state index contributed by atoms with van der Waals surface area (Å²) in [4.78, 5) is 8.81. The largest absolute Gasteiger partial charge is 0.340 e. The van der Waals surface area contributed by atoms with E-state index in [1.807, 2.05) is 25.1 Å². The van der Waals surface area contributed by atoms with E-state index in [-0.39, 0.29) is 0 Å². The van der Waals surface area contributed by atoms with Crippen LogP contribution in [0.15, 0.2) is 28.9 Å². The van der Waals surface area contributed by atoms with Crippen LogP contribution in [-0.4, -0.2) is 9.97 Å². The number of nitrogens with zero attached hydrogens (tertiary/aromatic N) is 3. The maximum Gasteiger partial charge on any atom is 0.135 e. The van der Waals surface area contributed by atoms with Crippen molar-refractivity contribution >= 4 is 27.4 Å². The lowest BCUT2D eigenvalue weighted by molar-refractivity contribution is 0.831. The van der Waals surface area contributed by atoms with E-state index in [0.717, 1.165) is 40.3 Å². The maximum atomic E-state index is 8.97. The summed E-state index contributed by atoms with van der Waals surface area (Å²) in [5, 5.41) is 12.2. The quantitative estimate of drug-likeness (QED) is 0.856. The van der Waals surface area contributed by atoms with Gasteiger partial charge < -0.3 is 5.32 Å². The molecule has 0 fully saturated rings. The van der Waals surface area contributed by atoms with E-state index < -0.39 is 0 Å². The number of rotatable bonds is 4. The van der Waals surface area contributed by atoms with E-state index in [1.54, 1.807) is 6.07 Å². The molecule has 0 aliphatic rings. The third-order valence-corrected chi connectivity index (χ3v) is 3.25. The average Bonchev–Trinajstić information content (AvgIpc) is 2.41. The molecule has 0 radical (unpaired) electrons. The minimum Gasteiger partial charge on any atom is -0.340 e. The number of hydrogen-bond acceptors (Lipinski definition) is 4. The van der Waals surface area contributed by atoms with E-state index in [4.69, 9.17) is 5.26 Å². The Labute approximate surface area is 127 Å². The molecule has 4 nitrogen and oxygen atoms in total. The molecule has 2 rings (SSSR count). The van der Waals surface area contributed by atoms with Crippen LogP contribution >= 0.6 is 15.9 Å². The molecule has 1 aromatic carbocycles. The molecule has 0 saturated carbocycles. The maximum absolute atomic E-state index is 8.97. The Kier molecular flexibility index (Phi) is 4.70. The van der Waals surface area contributed by atoms with Crippen molar-refractivity contribution < 1.29 is 0 Å². The van der Waals surface area contributed by atoms with Gasteiger partial charge >= 0.3 is 0 Å². The fourth-order valence-corrected chi connectivity index (χ4v) is 2.25. The molecule has 1 N–H and O–H groups in total. The molecule has 20 heavy (non-hydrogen) atoms. The molecule has 0 spiro atoms. The second-order valence-electron chi connectivity index (χ2n) is 4.51. The van der Waals surface area contributed by atoms with Gasteiger partial charge in [0.1, 0.15) is 16.2 Å². The van der Waals surface area contributed by atoms with Gasteiger partial charge in [-0.1, -0.05) is 13.0 Å². The minimum absolute atomic E-state index is 0.625. The van der Waals surface area contributed by atoms with Gasteiger partial charge in [0.2, 0.25) is 0 Å². The molecule has 1 heterocycles. The zero-order valence-electron chi connectivity index (χ0n) is 11.4. The number of halogens is 1. The van der Waals surface area contributed by atoms with Crippen molar-refractivity contribution in [2.24, 2.45) is 0 Å². The molecule has 0 saturated heterocycles. The highest BCUT2D eigenvalue weighted by atomic mass is 79.9. The van der Waals surface area contributed by atoms with Crippen molar-refractivity contribution in [3.63, 3.8) is 0 Å². The van der Waals surface area contributed by atoms with Crippen molar-refractivity contribution in [1.82, 2.24) is 9.97 Å². The molecule has 0 bridgehead atoms. The zero-order valence-corrected chi connectivity index (χ0v) is 13.0. The van der Waals surface area contributed by atoms with Crippen LogP contribution in [0.1, 0.15) is 30.3 Å². The molecule has 0 atom stereocenters. The van der Waals surface area contributed by atoms with E-state index in [0.29, 0.717) is 5.56 Å². The van der Waals surface area contributed by atoms with Crippen LogP contribution in [0.3, 0.4) is 0 Å². The Bertz CT molecular complexity index is 661. The summed E-state index contributed by atoms with van der Waals surface area (Å²) in [5.74, 6) is 1.53. The molecule has 0 aliphatic carbocycles. The lowest BCUT2D eigenvalue weighted by Gasteiger charge is -2.10. The van der Waals surface area contributed by atoms with Gasteiger partial charge in [0.05, 0.1) is 11.6 Å². The van der Waals surface area contributed by atoms with Gasteiger partial charge in [0, 0.05) is 18.2 Å². The number of nitrogens with one attached hydrogen (secondary N) is 1. The SMILES string of the molecule is CCCc1nc(Br)cc(Nc2cc(C#N)ccc2C)n1. The molecular formula is C15H15BrN4. The highest BCUT2D eigenvalue weighted by Crippen LogP contribution is 2.22. The van der Waals surface area contributed by atoms with Crippen molar-refractivity contribution in [2.75, 3.05) is 5.32 Å². The van der Waals surface area contributed by atoms with Crippen molar-refractivity contribution in [3.8, 4) is 6.07 Å². The van der Waals surface area contributed by atoms with Crippen LogP contribution in [-0.2, 0) is 6.42 Å². The fourth-order valence-electron chi connectivity index (χ4n) is 1.83. The summed E-state index contributed by atoms with van der Waals surface area (Å²) >= 11 is 3.40. The number of anilines is 2. The summed E-state index contributed by atoms with van der Waals surface area (Å²) in [5.41, 5.74) is 2.58. The normalized spacial score (nSPS) is 10.1. The van der Waals surface area contributed by atoms with Crippen LogP contribution in [0.4, 0.5) is 11.5 Å². The minimum atomic E-state index is 0.625. The Morgan fingerprint density at radius 1 is 1.30 bits per heavy atom. The second-order valence-corrected chi connectivity index (χ2v) is 5.32. The Morgan fingerprint density at radius 2 is 2.10 bits per heavy atom. The van der Waals surface area contributed by atoms with Crippen molar-refractivity contribution in [3.05, 3.63) is 45.8 Å². The Balaban J connectivity index is 2.32. The first-order valence-corrected chi connectivity index (χ1v) is 7.23. The lowest BCUT2D eigenvalue weighted by Crippen LogP contribution is -2.01. The average molecular weight is 331 g/mol. The molecule has 102 valence electrons. The van der Waals surface area contributed by atoms with Crippen molar-refractivity contribution in [2.45, 2.75) is 26.7 Å². The van der Waals surface area contributed by atoms with Gasteiger partial charge in [-0.05, 0) is 47.0 Å². The lowest BCUT2D eigenvalue weighted by atomic mass is 10.1. The van der Waals surface area contributed by atoms with Crippen LogP contribution in [0.25, 0.3) is 0 Å². The molecule has 2 aromatic rings. The van der Waals surface area contributed by atoms with E-state index in [9.17, 15) is 0 Å². The summed E-state index contributed by atoms with van der Waals surface area (Å²) in [6.45, 7) is 4.09. The third kappa shape index (κ3) is 3.55. The first-order chi connectivity index (χ1) is 9.62. The Morgan fingerprint density at radius 3 is 2.80 bits per heavy atom. The predicted molar refractivity (Wildman–Crippen MR) is 82.9 cm³/mol. The molecule has 1 aromatic heterocycles. The Hall–Kier alpha value is -1.93. The number of nitriles is 1. The first-order valence-electron chi connectivity index (χ1n) is 6.43. The standard InChI is InChI=1S/C15H15BrN4/c1-3-4-14-19-13(16)8-15(20-14)18-12-7-11(9-17)6-5-10(12)2/h5-8H,3-4H2,1-2H3,(H,18,19,20). The number of aromatic nitrogens is 2. The van der Waals surface area contributed by atoms with Crippen LogP contribution in [0.2, 0.25) is 0 Å². The smallest absolute Gasteiger partial charge is 0.135 e. The highest BCUT2D eigenvalue weighted by molar-refractivity contribution is 9.10. The van der Waals surface area contributed by atoms with Gasteiger partial charge in [0.25, 0.3) is 0 Å². The van der Waals surface area contributed by atoms with E-state index >= 15 is 0 Å². The number of benzene rings is 1. The van der Waals surface area contributed by atoms with Crippen molar-refractivity contribution in [1.29, 1.82) is 5.26 Å². The monoisotopic (exact) mass is 330 g/mol. The highest BCUT2D eigenvalue weighted by Gasteiger charge is 2.05. The summed E-state index contributed by atoms with van der Waals surface area (Å²) in [6, 6.07) is 9.52. The summed E-state index contributed by atoms with van der Waals surface area (Å²) < 4.78 is 0.757. The van der Waals surface area contributed by atoms with Crippen LogP contribution in [0, 0.1) is 18.3 Å². The third-order valence-electron chi connectivity index (χ3n) is 2.84. The topological polar surface area (TPSA) is 61.6 Å². The molecule has 0 aliphatic heterocycles.